The van der Waals surface area contributed by atoms with E-state index in [1.807, 2.05) is 36.4 Å². The summed E-state index contributed by atoms with van der Waals surface area (Å²) < 4.78 is 12.4. The van der Waals surface area contributed by atoms with Crippen LogP contribution in [0.25, 0.3) is 16.8 Å². The van der Waals surface area contributed by atoms with E-state index in [9.17, 15) is 4.79 Å². The Bertz CT molecular complexity index is 1190. The Labute approximate surface area is 170 Å². The molecule has 0 aliphatic carbocycles. The third-order valence-electron chi connectivity index (χ3n) is 4.42. The van der Waals surface area contributed by atoms with Gasteiger partial charge in [-0.25, -0.2) is 9.50 Å². The second-order valence-electron chi connectivity index (χ2n) is 6.36. The minimum Gasteiger partial charge on any atom is -0.454 e. The number of hydrogen-bond donors (Lipinski definition) is 1. The van der Waals surface area contributed by atoms with E-state index in [-0.39, 0.29) is 18.5 Å². The highest BCUT2D eigenvalue weighted by Crippen LogP contribution is 2.34. The van der Waals surface area contributed by atoms with Crippen LogP contribution in [-0.4, -0.2) is 33.1 Å². The van der Waals surface area contributed by atoms with Gasteiger partial charge in [0.25, 0.3) is 0 Å². The third-order valence-corrected chi connectivity index (χ3v) is 5.41. The van der Waals surface area contributed by atoms with Crippen molar-refractivity contribution in [1.29, 1.82) is 0 Å². The molecule has 0 atom stereocenters. The van der Waals surface area contributed by atoms with Crippen molar-refractivity contribution >= 4 is 28.9 Å². The van der Waals surface area contributed by atoms with Crippen molar-refractivity contribution in [3.8, 4) is 22.8 Å². The molecule has 5 rings (SSSR count). The lowest BCUT2D eigenvalue weighted by atomic mass is 10.1. The van der Waals surface area contributed by atoms with Gasteiger partial charge in [-0.15, -0.1) is 0 Å². The smallest absolute Gasteiger partial charge is 0.234 e. The van der Waals surface area contributed by atoms with E-state index < -0.39 is 0 Å². The summed E-state index contributed by atoms with van der Waals surface area (Å²) in [5, 5.41) is 8.24. The van der Waals surface area contributed by atoms with Crippen LogP contribution in [0.3, 0.4) is 0 Å². The molecule has 0 unspecified atom stereocenters. The number of nitrogens with one attached hydrogen (secondary N) is 1. The summed E-state index contributed by atoms with van der Waals surface area (Å²) in [6.45, 7) is 0.203. The molecule has 0 fully saturated rings. The quantitative estimate of drug-likeness (QED) is 0.509. The second kappa shape index (κ2) is 7.48. The molecular formula is C21H16N4O3S. The summed E-state index contributed by atoms with van der Waals surface area (Å²) in [7, 11) is 0. The van der Waals surface area contributed by atoms with Gasteiger partial charge in [-0.2, -0.15) is 5.10 Å². The molecule has 2 aromatic carbocycles. The lowest BCUT2D eigenvalue weighted by molar-refractivity contribution is -0.113. The molecule has 1 aliphatic rings. The molecule has 0 spiro atoms. The van der Waals surface area contributed by atoms with Gasteiger partial charge in [0.2, 0.25) is 12.7 Å². The van der Waals surface area contributed by atoms with Gasteiger partial charge >= 0.3 is 0 Å². The van der Waals surface area contributed by atoms with Gasteiger partial charge in [0.05, 0.1) is 17.0 Å². The Kier molecular flexibility index (Phi) is 4.53. The van der Waals surface area contributed by atoms with Crippen LogP contribution in [0.4, 0.5) is 5.69 Å². The number of hydrogen-bond acceptors (Lipinski definition) is 6. The fraction of sp³-hybridized carbons (Fsp3) is 0.0952. The van der Waals surface area contributed by atoms with E-state index in [2.05, 4.69) is 15.4 Å². The van der Waals surface area contributed by atoms with Crippen molar-refractivity contribution in [2.75, 3.05) is 17.9 Å². The van der Waals surface area contributed by atoms with Crippen LogP contribution >= 0.6 is 11.8 Å². The second-order valence-corrected chi connectivity index (χ2v) is 7.33. The topological polar surface area (TPSA) is 77.8 Å². The molecule has 1 amide bonds. The molecule has 4 aromatic rings. The van der Waals surface area contributed by atoms with Crippen molar-refractivity contribution in [3.05, 3.63) is 67.0 Å². The van der Waals surface area contributed by atoms with Crippen LogP contribution in [0.5, 0.6) is 11.5 Å². The molecule has 0 radical (unpaired) electrons. The van der Waals surface area contributed by atoms with Crippen LogP contribution in [-0.2, 0) is 4.79 Å². The number of benzene rings is 2. The summed E-state index contributed by atoms with van der Waals surface area (Å²) in [6, 6.07) is 17.3. The van der Waals surface area contributed by atoms with E-state index in [0.717, 1.165) is 21.8 Å². The zero-order chi connectivity index (χ0) is 19.6. The van der Waals surface area contributed by atoms with Gasteiger partial charge in [0, 0.05) is 29.7 Å². The molecule has 0 saturated carbocycles. The first kappa shape index (κ1) is 17.6. The fourth-order valence-electron chi connectivity index (χ4n) is 3.06. The number of rotatable bonds is 5. The van der Waals surface area contributed by atoms with Crippen molar-refractivity contribution in [1.82, 2.24) is 14.6 Å². The molecule has 29 heavy (non-hydrogen) atoms. The Morgan fingerprint density at radius 3 is 2.86 bits per heavy atom. The van der Waals surface area contributed by atoms with Crippen LogP contribution in [0.1, 0.15) is 0 Å². The first-order valence-electron chi connectivity index (χ1n) is 8.98. The minimum absolute atomic E-state index is 0.125. The summed E-state index contributed by atoms with van der Waals surface area (Å²) in [4.78, 5) is 16.8. The van der Waals surface area contributed by atoms with Crippen LogP contribution in [0.2, 0.25) is 0 Å². The number of anilines is 1. The monoisotopic (exact) mass is 404 g/mol. The Morgan fingerprint density at radius 2 is 1.97 bits per heavy atom. The average Bonchev–Trinajstić information content (AvgIpc) is 3.39. The predicted molar refractivity (Wildman–Crippen MR) is 110 cm³/mol. The minimum atomic E-state index is -0.125. The van der Waals surface area contributed by atoms with Crippen molar-refractivity contribution in [2.24, 2.45) is 0 Å². The summed E-state index contributed by atoms with van der Waals surface area (Å²) in [5.41, 5.74) is 3.44. The maximum absolute atomic E-state index is 12.4. The SMILES string of the molecule is O=C(CSc1nccn2nc(-c3ccccc3)cc12)Nc1ccc2c(c1)OCO2. The Balaban J connectivity index is 1.30. The third kappa shape index (κ3) is 3.62. The van der Waals surface area contributed by atoms with Gasteiger partial charge in [-0.3, -0.25) is 4.79 Å². The molecular weight excluding hydrogens is 388 g/mol. The van der Waals surface area contributed by atoms with Gasteiger partial charge in [0.15, 0.2) is 11.5 Å². The highest BCUT2D eigenvalue weighted by Gasteiger charge is 2.15. The first-order valence-corrected chi connectivity index (χ1v) is 9.97. The number of fused-ring (bicyclic) bond motifs is 2. The molecule has 3 heterocycles. The maximum Gasteiger partial charge on any atom is 0.234 e. The summed E-state index contributed by atoms with van der Waals surface area (Å²) in [6.07, 6.45) is 3.49. The zero-order valence-corrected chi connectivity index (χ0v) is 16.1. The number of aromatic nitrogens is 3. The Hall–Kier alpha value is -3.52. The zero-order valence-electron chi connectivity index (χ0n) is 15.2. The molecule has 1 N–H and O–H groups in total. The number of ether oxygens (including phenoxy) is 2. The molecule has 2 aromatic heterocycles. The highest BCUT2D eigenvalue weighted by atomic mass is 32.2. The lowest BCUT2D eigenvalue weighted by Gasteiger charge is -2.06. The van der Waals surface area contributed by atoms with E-state index in [4.69, 9.17) is 9.47 Å². The number of carbonyl (C=O) groups is 1. The predicted octanol–water partition coefficient (Wildman–Crippen LogP) is 3.86. The molecule has 7 nitrogen and oxygen atoms in total. The van der Waals surface area contributed by atoms with Crippen LogP contribution in [0.15, 0.2) is 72.0 Å². The van der Waals surface area contributed by atoms with E-state index in [0.29, 0.717) is 17.2 Å². The standard InChI is InChI=1S/C21H16N4O3S/c26-20(23-15-6-7-18-19(10-15)28-13-27-18)12-29-21-17-11-16(14-4-2-1-3-5-14)24-25(17)9-8-22-21/h1-11H,12-13H2,(H,23,26). The van der Waals surface area contributed by atoms with E-state index in [1.54, 1.807) is 35.1 Å². The van der Waals surface area contributed by atoms with Crippen LogP contribution < -0.4 is 14.8 Å². The number of nitrogens with zero attached hydrogens (tertiary/aromatic N) is 3. The normalized spacial score (nSPS) is 12.3. The molecule has 144 valence electrons. The van der Waals surface area contributed by atoms with E-state index >= 15 is 0 Å². The maximum atomic E-state index is 12.4. The Morgan fingerprint density at radius 1 is 1.10 bits per heavy atom. The first-order chi connectivity index (χ1) is 14.3. The lowest BCUT2D eigenvalue weighted by Crippen LogP contribution is -2.14. The molecule has 0 saturated heterocycles. The number of carbonyl (C=O) groups excluding carboxylic acids is 1. The van der Waals surface area contributed by atoms with Gasteiger partial charge in [-0.1, -0.05) is 42.1 Å². The number of thioether (sulfide) groups is 1. The summed E-state index contributed by atoms with van der Waals surface area (Å²) >= 11 is 1.37. The van der Waals surface area contributed by atoms with Crippen LogP contribution in [0, 0.1) is 0 Å². The number of amides is 1. The fourth-order valence-corrected chi connectivity index (χ4v) is 3.84. The van der Waals surface area contributed by atoms with Crippen molar-refractivity contribution in [2.45, 2.75) is 5.03 Å². The van der Waals surface area contributed by atoms with Gasteiger partial charge in [-0.05, 0) is 18.2 Å². The van der Waals surface area contributed by atoms with E-state index in [1.165, 1.54) is 11.8 Å². The van der Waals surface area contributed by atoms with Crippen molar-refractivity contribution < 1.29 is 14.3 Å². The molecule has 1 aliphatic heterocycles. The average molecular weight is 404 g/mol. The largest absolute Gasteiger partial charge is 0.454 e. The molecule has 8 heteroatoms. The highest BCUT2D eigenvalue weighted by molar-refractivity contribution is 8.00. The molecule has 0 bridgehead atoms. The van der Waals surface area contributed by atoms with Gasteiger partial charge < -0.3 is 14.8 Å². The van der Waals surface area contributed by atoms with Gasteiger partial charge in [0.1, 0.15) is 5.03 Å². The summed E-state index contributed by atoms with van der Waals surface area (Å²) in [5.74, 6) is 1.42. The van der Waals surface area contributed by atoms with Crippen molar-refractivity contribution in [3.63, 3.8) is 0 Å².